The molecule has 0 aromatic rings. The minimum atomic E-state index is -1.51. The second kappa shape index (κ2) is 22.0. The normalized spacial score (nSPS) is 20.0. The predicted molar refractivity (Wildman–Crippen MR) is 201 cm³/mol. The van der Waals surface area contributed by atoms with Gasteiger partial charge in [-0.2, -0.15) is 0 Å². The van der Waals surface area contributed by atoms with Crippen LogP contribution in [-0.2, 0) is 43.2 Å². The molecule has 0 spiro atoms. The molecule has 8 atom stereocenters. The number of nitrogens with zero attached hydrogens (tertiary/aromatic N) is 2. The molecule has 0 saturated carbocycles. The van der Waals surface area contributed by atoms with E-state index in [2.05, 4.69) is 26.6 Å². The number of nitrogens with two attached hydrogens (primary N) is 2. The van der Waals surface area contributed by atoms with Crippen molar-refractivity contribution >= 4 is 53.2 Å². The summed E-state index contributed by atoms with van der Waals surface area (Å²) in [6.45, 7) is 9.79. The molecule has 0 aliphatic carbocycles. The highest BCUT2D eigenvalue weighted by Gasteiger charge is 2.41. The number of hydrogen-bond donors (Lipinski definition) is 9. The summed E-state index contributed by atoms with van der Waals surface area (Å²) in [7, 11) is 0. The summed E-state index contributed by atoms with van der Waals surface area (Å²) in [5.74, 6) is -6.65. The molecule has 56 heavy (non-hydrogen) atoms. The third-order valence-electron chi connectivity index (χ3n) is 9.59. The molecule has 2 aliphatic heterocycles. The Morgan fingerprint density at radius 3 is 1.75 bits per heavy atom. The number of carbonyl (C=O) groups is 9. The molecule has 2 rings (SSSR count). The van der Waals surface area contributed by atoms with E-state index in [0.29, 0.717) is 19.3 Å². The Labute approximate surface area is 326 Å². The fraction of sp³-hybridized carbons (Fsp3) is 0.750. The highest BCUT2D eigenvalue weighted by Crippen LogP contribution is 2.22. The number of aliphatic hydroxyl groups excluding tert-OH is 1. The smallest absolute Gasteiger partial charge is 0.326 e. The molecule has 20 heteroatoms. The van der Waals surface area contributed by atoms with Crippen LogP contribution in [0.15, 0.2) is 0 Å². The molecular weight excluding hydrogens is 734 g/mol. The first kappa shape index (κ1) is 47.3. The molecule has 2 heterocycles. The Bertz CT molecular complexity index is 1460. The molecule has 316 valence electrons. The summed E-state index contributed by atoms with van der Waals surface area (Å²) in [5.41, 5.74) is 11.1. The Kier molecular flexibility index (Phi) is 18.6. The van der Waals surface area contributed by atoms with Crippen molar-refractivity contribution in [3.05, 3.63) is 0 Å². The first-order chi connectivity index (χ1) is 26.1. The lowest BCUT2D eigenvalue weighted by Gasteiger charge is -2.31. The van der Waals surface area contributed by atoms with Crippen LogP contribution in [0.5, 0.6) is 0 Å². The molecular formula is C36H61N9O11. The first-order valence-corrected chi connectivity index (χ1v) is 19.2. The molecule has 0 unspecified atom stereocenters. The Balaban J connectivity index is 2.01. The SMILES string of the molecule is CC(C)C[C@H](NC(=O)[C@@H](NC(=O)CNC(=O)[C@@H]1CCCN1C(=O)[C@H](C)NC(=O)[C@@H]1CCCN1C(=O)[C@H](CC(C)C)NC(=O)[C@@H](N)CCC(N)=O)[C@@H](C)O)C(=O)O. The van der Waals surface area contributed by atoms with E-state index in [1.807, 2.05) is 13.8 Å². The quantitative estimate of drug-likeness (QED) is 0.0569. The summed E-state index contributed by atoms with van der Waals surface area (Å²) in [4.78, 5) is 118. The highest BCUT2D eigenvalue weighted by atomic mass is 16.4. The summed E-state index contributed by atoms with van der Waals surface area (Å²) in [6, 6.07) is -7.81. The van der Waals surface area contributed by atoms with Gasteiger partial charge in [0.2, 0.25) is 47.3 Å². The molecule has 11 N–H and O–H groups in total. The number of primary amides is 1. The van der Waals surface area contributed by atoms with Gasteiger partial charge in [0.05, 0.1) is 18.7 Å². The van der Waals surface area contributed by atoms with Crippen LogP contribution in [0.25, 0.3) is 0 Å². The lowest BCUT2D eigenvalue weighted by atomic mass is 10.0. The summed E-state index contributed by atoms with van der Waals surface area (Å²) in [5, 5.41) is 32.0. The summed E-state index contributed by atoms with van der Waals surface area (Å²) < 4.78 is 0. The maximum Gasteiger partial charge on any atom is 0.326 e. The topological polar surface area (TPSA) is 313 Å². The lowest BCUT2D eigenvalue weighted by molar-refractivity contribution is -0.144. The standard InChI is InChI=1S/C36H61N9O11/c1-18(2)15-23(41-30(49)22(37)11-12-27(38)47)35(54)45-14-8-10-26(45)32(51)40-20(5)34(53)44-13-7-9-25(44)31(50)39-17-28(48)43-29(21(6)46)33(52)42-24(36(55)56)16-19(3)4/h18-26,29,46H,7-17,37H2,1-6H3,(H2,38,47)(H,39,50)(H,40,51)(H,41,49)(H,42,52)(H,43,48)(H,55,56)/t20-,21+,22-,23-,24-,25-,26-,29-/m0/s1. The van der Waals surface area contributed by atoms with E-state index in [0.717, 1.165) is 0 Å². The van der Waals surface area contributed by atoms with Gasteiger partial charge in [0.15, 0.2) is 0 Å². The van der Waals surface area contributed by atoms with E-state index in [1.165, 1.54) is 23.6 Å². The van der Waals surface area contributed by atoms with Crippen molar-refractivity contribution in [3.63, 3.8) is 0 Å². The lowest BCUT2D eigenvalue weighted by Crippen LogP contribution is -2.58. The van der Waals surface area contributed by atoms with Crippen molar-refractivity contribution in [1.82, 2.24) is 36.4 Å². The van der Waals surface area contributed by atoms with Gasteiger partial charge in [0.25, 0.3) is 0 Å². The van der Waals surface area contributed by atoms with Crippen LogP contribution in [0.2, 0.25) is 0 Å². The zero-order valence-electron chi connectivity index (χ0n) is 33.2. The molecule has 8 amide bonds. The van der Waals surface area contributed by atoms with Crippen LogP contribution in [0, 0.1) is 11.8 Å². The van der Waals surface area contributed by atoms with Crippen LogP contribution < -0.4 is 38.1 Å². The average Bonchev–Trinajstić information content (AvgIpc) is 3.81. The Hall–Kier alpha value is -4.85. The van der Waals surface area contributed by atoms with Crippen molar-refractivity contribution in [2.45, 2.75) is 141 Å². The zero-order valence-corrected chi connectivity index (χ0v) is 33.2. The number of aliphatic carboxylic acids is 1. The van der Waals surface area contributed by atoms with Crippen LogP contribution in [0.4, 0.5) is 0 Å². The molecule has 2 saturated heterocycles. The third-order valence-corrected chi connectivity index (χ3v) is 9.59. The van der Waals surface area contributed by atoms with Crippen molar-refractivity contribution in [3.8, 4) is 0 Å². The predicted octanol–water partition coefficient (Wildman–Crippen LogP) is -2.81. The minimum Gasteiger partial charge on any atom is -0.480 e. The molecule has 2 fully saturated rings. The zero-order chi connectivity index (χ0) is 42.4. The minimum absolute atomic E-state index is 0.000426. The number of likely N-dealkylation sites (tertiary alicyclic amines) is 2. The fourth-order valence-corrected chi connectivity index (χ4v) is 6.70. The monoisotopic (exact) mass is 795 g/mol. The number of carbonyl (C=O) groups excluding carboxylic acids is 8. The number of amides is 8. The Morgan fingerprint density at radius 2 is 1.23 bits per heavy atom. The van der Waals surface area contributed by atoms with E-state index in [4.69, 9.17) is 11.5 Å². The molecule has 0 aromatic carbocycles. The number of hydrogen-bond acceptors (Lipinski definition) is 11. The number of nitrogens with one attached hydrogen (secondary N) is 5. The number of carboxylic acid groups (broad SMARTS) is 1. The number of rotatable bonds is 21. The molecule has 0 radical (unpaired) electrons. The summed E-state index contributed by atoms with van der Waals surface area (Å²) >= 11 is 0. The van der Waals surface area contributed by atoms with E-state index in [1.54, 1.807) is 13.8 Å². The van der Waals surface area contributed by atoms with Gasteiger partial charge in [0.1, 0.15) is 36.3 Å². The maximum atomic E-state index is 13.7. The number of aliphatic hydroxyl groups is 1. The highest BCUT2D eigenvalue weighted by molar-refractivity contribution is 5.97. The van der Waals surface area contributed by atoms with Crippen molar-refractivity contribution in [2.75, 3.05) is 19.6 Å². The van der Waals surface area contributed by atoms with Crippen LogP contribution >= 0.6 is 0 Å². The van der Waals surface area contributed by atoms with Gasteiger partial charge in [0, 0.05) is 19.5 Å². The molecule has 2 aliphatic rings. The van der Waals surface area contributed by atoms with Crippen molar-refractivity contribution < 1.29 is 53.4 Å². The largest absolute Gasteiger partial charge is 0.480 e. The van der Waals surface area contributed by atoms with Gasteiger partial charge >= 0.3 is 5.97 Å². The fourth-order valence-electron chi connectivity index (χ4n) is 6.70. The van der Waals surface area contributed by atoms with Gasteiger partial charge in [-0.15, -0.1) is 0 Å². The van der Waals surface area contributed by atoms with E-state index in [9.17, 15) is 53.4 Å². The van der Waals surface area contributed by atoms with Gasteiger partial charge in [-0.3, -0.25) is 38.4 Å². The van der Waals surface area contributed by atoms with Gasteiger partial charge in [-0.05, 0) is 70.6 Å². The molecule has 20 nitrogen and oxygen atoms in total. The van der Waals surface area contributed by atoms with Gasteiger partial charge in [-0.25, -0.2) is 4.79 Å². The molecule has 0 aromatic heterocycles. The van der Waals surface area contributed by atoms with E-state index >= 15 is 0 Å². The van der Waals surface area contributed by atoms with Gasteiger partial charge < -0.3 is 58.1 Å². The van der Waals surface area contributed by atoms with Crippen LogP contribution in [0.3, 0.4) is 0 Å². The maximum absolute atomic E-state index is 13.7. The third kappa shape index (κ3) is 14.3. The summed E-state index contributed by atoms with van der Waals surface area (Å²) in [6.07, 6.45) is 0.413. The van der Waals surface area contributed by atoms with Crippen LogP contribution in [0.1, 0.15) is 92.9 Å². The molecule has 0 bridgehead atoms. The van der Waals surface area contributed by atoms with Crippen molar-refractivity contribution in [2.24, 2.45) is 23.3 Å². The van der Waals surface area contributed by atoms with E-state index < -0.39 is 108 Å². The second-order valence-electron chi connectivity index (χ2n) is 15.4. The van der Waals surface area contributed by atoms with Crippen molar-refractivity contribution in [1.29, 1.82) is 0 Å². The Morgan fingerprint density at radius 1 is 0.714 bits per heavy atom. The van der Waals surface area contributed by atoms with E-state index in [-0.39, 0.29) is 57.0 Å². The number of carboxylic acids is 1. The first-order valence-electron chi connectivity index (χ1n) is 19.2. The average molecular weight is 796 g/mol. The van der Waals surface area contributed by atoms with Gasteiger partial charge in [-0.1, -0.05) is 27.7 Å². The van der Waals surface area contributed by atoms with Crippen LogP contribution in [-0.4, -0.2) is 141 Å². The second-order valence-corrected chi connectivity index (χ2v) is 15.4.